The van der Waals surface area contributed by atoms with Gasteiger partial charge in [-0.1, -0.05) is 29.8 Å². The molecule has 5 heteroatoms. The monoisotopic (exact) mass is 403 g/mol. The number of carbonyl (C=O) groups is 1. The topological polar surface area (TPSA) is 29.1 Å². The molecular formula is C15H12ClFINO. The molecule has 1 unspecified atom stereocenters. The van der Waals surface area contributed by atoms with E-state index in [-0.39, 0.29) is 11.7 Å². The summed E-state index contributed by atoms with van der Waals surface area (Å²) < 4.78 is 14.5. The molecule has 2 aromatic rings. The van der Waals surface area contributed by atoms with Crippen molar-refractivity contribution in [3.8, 4) is 0 Å². The Morgan fingerprint density at radius 2 is 2.00 bits per heavy atom. The van der Waals surface area contributed by atoms with Gasteiger partial charge in [0.25, 0.3) is 5.91 Å². The van der Waals surface area contributed by atoms with Gasteiger partial charge in [-0.05, 0) is 53.8 Å². The van der Waals surface area contributed by atoms with Crippen molar-refractivity contribution >= 4 is 40.1 Å². The zero-order valence-electron chi connectivity index (χ0n) is 10.7. The van der Waals surface area contributed by atoms with Gasteiger partial charge in [0.1, 0.15) is 5.82 Å². The molecule has 0 saturated heterocycles. The van der Waals surface area contributed by atoms with Crippen LogP contribution in [0, 0.1) is 9.39 Å². The molecule has 0 radical (unpaired) electrons. The first-order chi connectivity index (χ1) is 9.49. The van der Waals surface area contributed by atoms with Crippen LogP contribution in [0.2, 0.25) is 5.02 Å². The molecule has 0 heterocycles. The molecule has 0 aromatic heterocycles. The normalized spacial score (nSPS) is 12.0. The number of amides is 1. The van der Waals surface area contributed by atoms with Crippen LogP contribution in [-0.4, -0.2) is 5.91 Å². The molecule has 0 aliphatic carbocycles. The summed E-state index contributed by atoms with van der Waals surface area (Å²) in [6, 6.07) is 11.0. The highest BCUT2D eigenvalue weighted by molar-refractivity contribution is 14.1. The zero-order valence-corrected chi connectivity index (χ0v) is 13.6. The molecule has 2 rings (SSSR count). The first-order valence-corrected chi connectivity index (χ1v) is 7.45. The highest BCUT2D eigenvalue weighted by Gasteiger charge is 2.15. The van der Waals surface area contributed by atoms with Crippen LogP contribution in [-0.2, 0) is 0 Å². The largest absolute Gasteiger partial charge is 0.345 e. The fourth-order valence-electron chi connectivity index (χ4n) is 1.82. The van der Waals surface area contributed by atoms with Crippen LogP contribution < -0.4 is 5.32 Å². The molecular weight excluding hydrogens is 392 g/mol. The molecule has 1 atom stereocenters. The molecule has 0 spiro atoms. The SMILES string of the molecule is CC(NC(=O)c1ccc(I)c(Cl)c1)c1ccccc1F. The van der Waals surface area contributed by atoms with Gasteiger partial charge in [-0.15, -0.1) is 0 Å². The van der Waals surface area contributed by atoms with E-state index in [9.17, 15) is 9.18 Å². The predicted octanol–water partition coefficient (Wildman–Crippen LogP) is 4.57. The smallest absolute Gasteiger partial charge is 0.251 e. The third-order valence-corrected chi connectivity index (χ3v) is 4.47. The van der Waals surface area contributed by atoms with Gasteiger partial charge in [0.05, 0.1) is 11.1 Å². The van der Waals surface area contributed by atoms with E-state index in [0.717, 1.165) is 3.57 Å². The summed E-state index contributed by atoms with van der Waals surface area (Å²) in [5.41, 5.74) is 0.913. The molecule has 0 aliphatic rings. The molecule has 1 amide bonds. The number of halogens is 3. The minimum absolute atomic E-state index is 0.279. The Hall–Kier alpha value is -1.14. The van der Waals surface area contributed by atoms with E-state index < -0.39 is 6.04 Å². The Labute approximate surface area is 135 Å². The van der Waals surface area contributed by atoms with Crippen molar-refractivity contribution in [1.29, 1.82) is 0 Å². The zero-order chi connectivity index (χ0) is 14.7. The Balaban J connectivity index is 2.15. The average Bonchev–Trinajstić information content (AvgIpc) is 2.42. The van der Waals surface area contributed by atoms with Gasteiger partial charge in [0.2, 0.25) is 0 Å². The second-order valence-electron chi connectivity index (χ2n) is 4.35. The summed E-state index contributed by atoms with van der Waals surface area (Å²) in [5.74, 6) is -0.611. The van der Waals surface area contributed by atoms with Crippen LogP contribution in [0.15, 0.2) is 42.5 Å². The fourth-order valence-corrected chi connectivity index (χ4v) is 2.34. The van der Waals surface area contributed by atoms with E-state index in [1.54, 1.807) is 43.3 Å². The molecule has 0 fully saturated rings. The van der Waals surface area contributed by atoms with Crippen molar-refractivity contribution in [2.45, 2.75) is 13.0 Å². The quantitative estimate of drug-likeness (QED) is 0.747. The van der Waals surface area contributed by atoms with Crippen LogP contribution in [0.5, 0.6) is 0 Å². The van der Waals surface area contributed by atoms with Crippen molar-refractivity contribution in [3.05, 3.63) is 68.0 Å². The fraction of sp³-hybridized carbons (Fsp3) is 0.133. The maximum atomic E-state index is 13.6. The summed E-state index contributed by atoms with van der Waals surface area (Å²) in [6.45, 7) is 1.74. The molecule has 1 N–H and O–H groups in total. The number of benzene rings is 2. The van der Waals surface area contributed by atoms with Gasteiger partial charge < -0.3 is 5.32 Å². The lowest BCUT2D eigenvalue weighted by Crippen LogP contribution is -2.27. The maximum absolute atomic E-state index is 13.6. The Kier molecular flexibility index (Phi) is 4.99. The van der Waals surface area contributed by atoms with Crippen LogP contribution in [0.3, 0.4) is 0 Å². The number of nitrogens with one attached hydrogen (secondary N) is 1. The van der Waals surface area contributed by atoms with E-state index in [0.29, 0.717) is 16.1 Å². The van der Waals surface area contributed by atoms with Gasteiger partial charge >= 0.3 is 0 Å². The van der Waals surface area contributed by atoms with Crippen molar-refractivity contribution < 1.29 is 9.18 Å². The summed E-state index contributed by atoms with van der Waals surface area (Å²) in [6.07, 6.45) is 0. The second-order valence-corrected chi connectivity index (χ2v) is 5.91. The number of carbonyl (C=O) groups excluding carboxylic acids is 1. The molecule has 0 aliphatic heterocycles. The minimum atomic E-state index is -0.415. The predicted molar refractivity (Wildman–Crippen MR) is 86.5 cm³/mol. The number of hydrogen-bond acceptors (Lipinski definition) is 1. The second kappa shape index (κ2) is 6.54. The van der Waals surface area contributed by atoms with Gasteiger partial charge in [-0.3, -0.25) is 4.79 Å². The Morgan fingerprint density at radius 3 is 2.65 bits per heavy atom. The van der Waals surface area contributed by atoms with Crippen LogP contribution in [0.25, 0.3) is 0 Å². The van der Waals surface area contributed by atoms with Crippen molar-refractivity contribution in [3.63, 3.8) is 0 Å². The van der Waals surface area contributed by atoms with E-state index in [1.165, 1.54) is 6.07 Å². The van der Waals surface area contributed by atoms with Crippen LogP contribution in [0.1, 0.15) is 28.9 Å². The first kappa shape index (κ1) is 15.3. The number of hydrogen-bond donors (Lipinski definition) is 1. The van der Waals surface area contributed by atoms with E-state index in [1.807, 2.05) is 0 Å². The lowest BCUT2D eigenvalue weighted by molar-refractivity contribution is 0.0939. The van der Waals surface area contributed by atoms with Crippen molar-refractivity contribution in [2.75, 3.05) is 0 Å². The lowest BCUT2D eigenvalue weighted by atomic mass is 10.1. The summed E-state index contributed by atoms with van der Waals surface area (Å²) in [7, 11) is 0. The van der Waals surface area contributed by atoms with Gasteiger partial charge in [-0.25, -0.2) is 4.39 Å². The standard InChI is InChI=1S/C15H12ClFINO/c1-9(11-4-2-3-5-13(11)17)19-15(20)10-6-7-14(18)12(16)8-10/h2-9H,1H3,(H,19,20). The average molecular weight is 404 g/mol. The van der Waals surface area contributed by atoms with Gasteiger partial charge in [-0.2, -0.15) is 0 Å². The van der Waals surface area contributed by atoms with Crippen molar-refractivity contribution in [2.24, 2.45) is 0 Å². The molecule has 104 valence electrons. The van der Waals surface area contributed by atoms with Crippen LogP contribution >= 0.6 is 34.2 Å². The van der Waals surface area contributed by atoms with E-state index >= 15 is 0 Å². The molecule has 2 nitrogen and oxygen atoms in total. The highest BCUT2D eigenvalue weighted by Crippen LogP contribution is 2.21. The number of rotatable bonds is 3. The first-order valence-electron chi connectivity index (χ1n) is 5.99. The molecule has 2 aromatic carbocycles. The molecule has 20 heavy (non-hydrogen) atoms. The summed E-state index contributed by atoms with van der Waals surface area (Å²) >= 11 is 8.08. The molecule has 0 bridgehead atoms. The van der Waals surface area contributed by atoms with E-state index in [2.05, 4.69) is 27.9 Å². The van der Waals surface area contributed by atoms with Gasteiger partial charge in [0.15, 0.2) is 0 Å². The van der Waals surface area contributed by atoms with Gasteiger partial charge in [0, 0.05) is 14.7 Å². The Bertz CT molecular complexity index is 648. The third-order valence-electron chi connectivity index (χ3n) is 2.90. The van der Waals surface area contributed by atoms with Crippen LogP contribution in [0.4, 0.5) is 4.39 Å². The van der Waals surface area contributed by atoms with Crippen molar-refractivity contribution in [1.82, 2.24) is 5.32 Å². The van der Waals surface area contributed by atoms with E-state index in [4.69, 9.17) is 11.6 Å². The highest BCUT2D eigenvalue weighted by atomic mass is 127. The summed E-state index contributed by atoms with van der Waals surface area (Å²) in [5, 5.41) is 3.28. The maximum Gasteiger partial charge on any atom is 0.251 e. The third kappa shape index (κ3) is 3.49. The molecule has 0 saturated carbocycles. The lowest BCUT2D eigenvalue weighted by Gasteiger charge is -2.15. The Morgan fingerprint density at radius 1 is 1.30 bits per heavy atom. The summed E-state index contributed by atoms with van der Waals surface area (Å²) in [4.78, 5) is 12.1. The minimum Gasteiger partial charge on any atom is -0.345 e.